The summed E-state index contributed by atoms with van der Waals surface area (Å²) in [7, 11) is 1.82. The lowest BCUT2D eigenvalue weighted by Gasteiger charge is -2.09. The van der Waals surface area contributed by atoms with Crippen LogP contribution >= 0.6 is 10.7 Å². The first-order valence-electron chi connectivity index (χ1n) is 3.84. The minimum atomic E-state index is -4.33. The standard InChI is InChI=1S/C7H7ClF2N2O3S/c1-15-7-3(11)2-4(16(8,13)14)5(12-7)6(9)10/h2,6H,11H2,1H3. The van der Waals surface area contributed by atoms with E-state index in [9.17, 15) is 17.2 Å². The molecule has 0 bridgehead atoms. The number of ether oxygens (including phenoxy) is 1. The number of hydrogen-bond acceptors (Lipinski definition) is 5. The van der Waals surface area contributed by atoms with Gasteiger partial charge in [0.25, 0.3) is 15.5 Å². The van der Waals surface area contributed by atoms with Gasteiger partial charge in [-0.25, -0.2) is 22.2 Å². The summed E-state index contributed by atoms with van der Waals surface area (Å²) in [5.41, 5.74) is 4.17. The fourth-order valence-corrected chi connectivity index (χ4v) is 2.04. The average Bonchev–Trinajstić information content (AvgIpc) is 2.15. The molecule has 1 heterocycles. The molecule has 2 N–H and O–H groups in total. The van der Waals surface area contributed by atoms with Crippen LogP contribution in [0.1, 0.15) is 12.1 Å². The number of hydrogen-bond donors (Lipinski definition) is 1. The molecule has 90 valence electrons. The number of nitrogens with zero attached hydrogens (tertiary/aromatic N) is 1. The number of anilines is 1. The van der Waals surface area contributed by atoms with Crippen molar-refractivity contribution in [2.45, 2.75) is 11.3 Å². The van der Waals surface area contributed by atoms with E-state index in [2.05, 4.69) is 9.72 Å². The Balaban J connectivity index is 3.55. The van der Waals surface area contributed by atoms with Gasteiger partial charge in [-0.2, -0.15) is 0 Å². The van der Waals surface area contributed by atoms with E-state index in [-0.39, 0.29) is 11.6 Å². The van der Waals surface area contributed by atoms with Crippen molar-refractivity contribution in [3.63, 3.8) is 0 Å². The Morgan fingerprint density at radius 3 is 2.50 bits per heavy atom. The van der Waals surface area contributed by atoms with Crippen LogP contribution in [0.3, 0.4) is 0 Å². The SMILES string of the molecule is COc1nc(C(F)F)c(S(=O)(=O)Cl)cc1N. The summed E-state index contributed by atoms with van der Waals surface area (Å²) >= 11 is 0. The van der Waals surface area contributed by atoms with Crippen LogP contribution in [0.25, 0.3) is 0 Å². The molecule has 9 heteroatoms. The van der Waals surface area contributed by atoms with Gasteiger partial charge in [-0.1, -0.05) is 0 Å². The van der Waals surface area contributed by atoms with Gasteiger partial charge in [0.1, 0.15) is 10.6 Å². The number of rotatable bonds is 3. The maximum absolute atomic E-state index is 12.5. The number of alkyl halides is 2. The van der Waals surface area contributed by atoms with Crippen molar-refractivity contribution < 1.29 is 21.9 Å². The predicted molar refractivity (Wildman–Crippen MR) is 53.2 cm³/mol. The molecule has 5 nitrogen and oxygen atoms in total. The molecular formula is C7H7ClF2N2O3S. The van der Waals surface area contributed by atoms with E-state index in [0.29, 0.717) is 0 Å². The van der Waals surface area contributed by atoms with Crippen LogP contribution < -0.4 is 10.5 Å². The second-order valence-corrected chi connectivity index (χ2v) is 5.24. The molecule has 0 aliphatic carbocycles. The van der Waals surface area contributed by atoms with E-state index in [0.717, 1.165) is 6.07 Å². The second-order valence-electron chi connectivity index (χ2n) is 2.71. The first-order valence-corrected chi connectivity index (χ1v) is 6.15. The number of halogens is 3. The number of pyridine rings is 1. The van der Waals surface area contributed by atoms with Gasteiger partial charge < -0.3 is 10.5 Å². The highest BCUT2D eigenvalue weighted by Crippen LogP contribution is 2.32. The molecule has 0 radical (unpaired) electrons. The summed E-state index contributed by atoms with van der Waals surface area (Å²) in [4.78, 5) is 2.48. The van der Waals surface area contributed by atoms with Crippen LogP contribution in [0.4, 0.5) is 14.5 Å². The first-order chi connectivity index (χ1) is 7.27. The zero-order valence-electron chi connectivity index (χ0n) is 7.95. The molecule has 16 heavy (non-hydrogen) atoms. The molecule has 0 spiro atoms. The van der Waals surface area contributed by atoms with Crippen molar-refractivity contribution in [2.75, 3.05) is 12.8 Å². The van der Waals surface area contributed by atoms with Gasteiger partial charge in [0.05, 0.1) is 12.8 Å². The second kappa shape index (κ2) is 4.38. The Bertz CT molecular complexity index is 507. The smallest absolute Gasteiger partial charge is 0.281 e. The van der Waals surface area contributed by atoms with Gasteiger partial charge in [-0.3, -0.25) is 0 Å². The molecule has 0 amide bonds. The minimum Gasteiger partial charge on any atom is -0.480 e. The Labute approximate surface area is 94.6 Å². The lowest BCUT2D eigenvalue weighted by atomic mass is 10.3. The molecule has 0 atom stereocenters. The molecule has 1 aromatic heterocycles. The molecule has 0 aliphatic rings. The summed E-state index contributed by atoms with van der Waals surface area (Å²) in [5, 5.41) is 0. The molecule has 1 rings (SSSR count). The summed E-state index contributed by atoms with van der Waals surface area (Å²) in [5.74, 6) is -0.278. The molecule has 0 aromatic carbocycles. The predicted octanol–water partition coefficient (Wildman–Crippen LogP) is 1.54. The van der Waals surface area contributed by atoms with Gasteiger partial charge in [-0.15, -0.1) is 0 Å². The summed E-state index contributed by atoms with van der Waals surface area (Å²) in [6, 6.07) is 0.787. The zero-order chi connectivity index (χ0) is 12.5. The number of aromatic nitrogens is 1. The highest BCUT2D eigenvalue weighted by atomic mass is 35.7. The molecule has 0 saturated carbocycles. The molecule has 0 aliphatic heterocycles. The van der Waals surface area contributed by atoms with Gasteiger partial charge in [0.2, 0.25) is 5.88 Å². The third kappa shape index (κ3) is 2.50. The highest BCUT2D eigenvalue weighted by Gasteiger charge is 2.25. The topological polar surface area (TPSA) is 82.3 Å². The van der Waals surface area contributed by atoms with Crippen molar-refractivity contribution in [3.05, 3.63) is 11.8 Å². The number of nitrogens with two attached hydrogens (primary N) is 1. The summed E-state index contributed by atoms with van der Waals surface area (Å²) < 4.78 is 51.7. The lowest BCUT2D eigenvalue weighted by molar-refractivity contribution is 0.141. The minimum absolute atomic E-state index is 0.189. The third-order valence-corrected chi connectivity index (χ3v) is 3.02. The zero-order valence-corrected chi connectivity index (χ0v) is 9.52. The molecular weight excluding hydrogens is 266 g/mol. The summed E-state index contributed by atoms with van der Waals surface area (Å²) in [6.07, 6.45) is -3.10. The maximum atomic E-state index is 12.5. The Morgan fingerprint density at radius 1 is 1.56 bits per heavy atom. The molecule has 0 fully saturated rings. The van der Waals surface area contributed by atoms with Crippen LogP contribution in [0.15, 0.2) is 11.0 Å². The van der Waals surface area contributed by atoms with E-state index in [1.165, 1.54) is 7.11 Å². The lowest BCUT2D eigenvalue weighted by Crippen LogP contribution is -2.06. The monoisotopic (exact) mass is 272 g/mol. The fourth-order valence-electron chi connectivity index (χ4n) is 1.02. The highest BCUT2D eigenvalue weighted by molar-refractivity contribution is 8.13. The van der Waals surface area contributed by atoms with Crippen molar-refractivity contribution in [2.24, 2.45) is 0 Å². The Morgan fingerprint density at radius 2 is 2.12 bits per heavy atom. The molecule has 0 saturated heterocycles. The van der Waals surface area contributed by atoms with Crippen LogP contribution in [-0.4, -0.2) is 20.5 Å². The normalized spacial score (nSPS) is 11.8. The van der Waals surface area contributed by atoms with Gasteiger partial charge in [-0.05, 0) is 6.07 Å². The Hall–Kier alpha value is -1.15. The van der Waals surface area contributed by atoms with Crippen LogP contribution in [0.2, 0.25) is 0 Å². The third-order valence-electron chi connectivity index (χ3n) is 1.67. The molecule has 0 unspecified atom stereocenters. The van der Waals surface area contributed by atoms with Crippen molar-refractivity contribution in [3.8, 4) is 5.88 Å². The van der Waals surface area contributed by atoms with Crippen molar-refractivity contribution in [1.29, 1.82) is 0 Å². The molecule has 1 aromatic rings. The van der Waals surface area contributed by atoms with E-state index in [1.807, 2.05) is 0 Å². The average molecular weight is 273 g/mol. The van der Waals surface area contributed by atoms with Gasteiger partial charge in [0.15, 0.2) is 0 Å². The summed E-state index contributed by atoms with van der Waals surface area (Å²) in [6.45, 7) is 0. The van der Waals surface area contributed by atoms with Crippen molar-refractivity contribution >= 4 is 25.4 Å². The number of methoxy groups -OCH3 is 1. The maximum Gasteiger partial charge on any atom is 0.281 e. The van der Waals surface area contributed by atoms with Gasteiger partial charge in [0, 0.05) is 10.7 Å². The van der Waals surface area contributed by atoms with Crippen LogP contribution in [-0.2, 0) is 9.05 Å². The van der Waals surface area contributed by atoms with E-state index in [4.69, 9.17) is 16.4 Å². The van der Waals surface area contributed by atoms with Crippen LogP contribution in [0, 0.1) is 0 Å². The largest absolute Gasteiger partial charge is 0.480 e. The van der Waals surface area contributed by atoms with Gasteiger partial charge >= 0.3 is 0 Å². The Kier molecular flexibility index (Phi) is 3.54. The van der Waals surface area contributed by atoms with Crippen molar-refractivity contribution in [1.82, 2.24) is 4.98 Å². The van der Waals surface area contributed by atoms with E-state index in [1.54, 1.807) is 0 Å². The van der Waals surface area contributed by atoms with E-state index < -0.39 is 26.1 Å². The fraction of sp³-hybridized carbons (Fsp3) is 0.286. The quantitative estimate of drug-likeness (QED) is 0.844. The first kappa shape index (κ1) is 12.9. The van der Waals surface area contributed by atoms with Crippen LogP contribution in [0.5, 0.6) is 5.88 Å². The number of nitrogen functional groups attached to an aromatic ring is 1. The van der Waals surface area contributed by atoms with E-state index >= 15 is 0 Å².